The zero-order chi connectivity index (χ0) is 18.0. The molecule has 3 rings (SSSR count). The summed E-state index contributed by atoms with van der Waals surface area (Å²) in [7, 11) is 0. The van der Waals surface area contributed by atoms with E-state index in [-0.39, 0.29) is 17.1 Å². The van der Waals surface area contributed by atoms with Crippen LogP contribution in [0.4, 0.5) is 8.78 Å². The molecular weight excluding hydrogens is 326 g/mol. The number of hydrogen-bond acceptors (Lipinski definition) is 3. The average Bonchev–Trinajstić information content (AvgIpc) is 3.01. The van der Waals surface area contributed by atoms with Crippen LogP contribution < -0.4 is 10.5 Å². The molecule has 1 aliphatic rings. The molecule has 6 heteroatoms. The number of nitrogens with zero attached hydrogens (tertiary/aromatic N) is 1. The number of carbonyl (C=O) groups is 1. The largest absolute Gasteiger partial charge is 0.457 e. The maximum Gasteiger partial charge on any atom is 0.253 e. The minimum Gasteiger partial charge on any atom is -0.457 e. The second kappa shape index (κ2) is 6.80. The molecular formula is C19H20F2N2O2. The van der Waals surface area contributed by atoms with Gasteiger partial charge in [-0.25, -0.2) is 8.78 Å². The van der Waals surface area contributed by atoms with Gasteiger partial charge in [0, 0.05) is 24.7 Å². The molecule has 1 atom stereocenters. The van der Waals surface area contributed by atoms with Gasteiger partial charge in [-0.3, -0.25) is 4.79 Å². The summed E-state index contributed by atoms with van der Waals surface area (Å²) < 4.78 is 31.6. The molecule has 2 N–H and O–H groups in total. The van der Waals surface area contributed by atoms with Crippen molar-refractivity contribution in [1.29, 1.82) is 0 Å². The lowest BCUT2D eigenvalue weighted by molar-refractivity contribution is 0.0777. The first-order chi connectivity index (χ1) is 11.9. The van der Waals surface area contributed by atoms with E-state index in [4.69, 9.17) is 10.5 Å². The molecule has 0 bridgehead atoms. The van der Waals surface area contributed by atoms with E-state index in [2.05, 4.69) is 6.92 Å². The molecule has 132 valence electrons. The van der Waals surface area contributed by atoms with Crippen LogP contribution in [0.2, 0.25) is 0 Å². The summed E-state index contributed by atoms with van der Waals surface area (Å²) in [4.78, 5) is 14.4. The maximum absolute atomic E-state index is 13.2. The summed E-state index contributed by atoms with van der Waals surface area (Å²) >= 11 is 0. The van der Waals surface area contributed by atoms with Gasteiger partial charge in [0.25, 0.3) is 5.91 Å². The summed E-state index contributed by atoms with van der Waals surface area (Å²) in [6.45, 7) is 3.98. The van der Waals surface area contributed by atoms with Gasteiger partial charge in [0.2, 0.25) is 0 Å². The van der Waals surface area contributed by atoms with E-state index in [0.717, 1.165) is 18.6 Å². The van der Waals surface area contributed by atoms with Gasteiger partial charge in [0.1, 0.15) is 11.5 Å². The highest BCUT2D eigenvalue weighted by atomic mass is 19.2. The Labute approximate surface area is 145 Å². The summed E-state index contributed by atoms with van der Waals surface area (Å²) in [5, 5.41) is 0. The number of ether oxygens (including phenoxy) is 1. The van der Waals surface area contributed by atoms with Crippen molar-refractivity contribution >= 4 is 5.91 Å². The van der Waals surface area contributed by atoms with Gasteiger partial charge < -0.3 is 15.4 Å². The first-order valence-electron chi connectivity index (χ1n) is 8.12. The number of nitrogens with two attached hydrogens (primary N) is 1. The third-order valence-corrected chi connectivity index (χ3v) is 4.57. The topological polar surface area (TPSA) is 55.6 Å². The highest BCUT2D eigenvalue weighted by Crippen LogP contribution is 2.30. The van der Waals surface area contributed by atoms with Crippen LogP contribution >= 0.6 is 0 Å². The van der Waals surface area contributed by atoms with Crippen molar-refractivity contribution in [2.24, 2.45) is 11.1 Å². The molecule has 0 saturated carbocycles. The minimum absolute atomic E-state index is 0.0225. The van der Waals surface area contributed by atoms with E-state index < -0.39 is 11.6 Å². The van der Waals surface area contributed by atoms with Crippen LogP contribution in [0.5, 0.6) is 11.5 Å². The molecule has 0 aliphatic carbocycles. The highest BCUT2D eigenvalue weighted by Gasteiger charge is 2.35. The summed E-state index contributed by atoms with van der Waals surface area (Å²) in [6.07, 6.45) is 0.895. The van der Waals surface area contributed by atoms with Crippen LogP contribution in [0.15, 0.2) is 42.5 Å². The van der Waals surface area contributed by atoms with Crippen LogP contribution in [-0.4, -0.2) is 30.4 Å². The summed E-state index contributed by atoms with van der Waals surface area (Å²) in [6, 6.07) is 9.91. The molecule has 25 heavy (non-hydrogen) atoms. The standard InChI is InChI=1S/C19H20F2N2O2/c1-19(11-22)8-9-23(12-19)18(24)13-2-4-14(5-3-13)25-15-6-7-16(20)17(21)10-15/h2-7,10H,8-9,11-12,22H2,1H3. The van der Waals surface area contributed by atoms with Crippen LogP contribution in [0.25, 0.3) is 0 Å². The molecule has 1 heterocycles. The molecule has 0 aromatic heterocycles. The molecule has 0 radical (unpaired) electrons. The Morgan fingerprint density at radius 3 is 2.44 bits per heavy atom. The Bertz CT molecular complexity index is 779. The Balaban J connectivity index is 1.68. The summed E-state index contributed by atoms with van der Waals surface area (Å²) in [5.74, 6) is -1.31. The van der Waals surface area contributed by atoms with Gasteiger partial charge in [-0.1, -0.05) is 6.92 Å². The predicted octanol–water partition coefficient (Wildman–Crippen LogP) is 3.57. The second-order valence-electron chi connectivity index (χ2n) is 6.69. The van der Waals surface area contributed by atoms with E-state index in [1.54, 1.807) is 29.2 Å². The lowest BCUT2D eigenvalue weighted by Crippen LogP contribution is -2.34. The number of halogens is 2. The quantitative estimate of drug-likeness (QED) is 0.921. The number of hydrogen-bond donors (Lipinski definition) is 1. The van der Waals surface area contributed by atoms with Crippen molar-refractivity contribution in [1.82, 2.24) is 4.90 Å². The van der Waals surface area contributed by atoms with Crippen LogP contribution in [0, 0.1) is 17.0 Å². The zero-order valence-electron chi connectivity index (χ0n) is 14.0. The fraction of sp³-hybridized carbons (Fsp3) is 0.316. The van der Waals surface area contributed by atoms with Crippen molar-refractivity contribution in [3.05, 3.63) is 59.7 Å². The Morgan fingerprint density at radius 1 is 1.16 bits per heavy atom. The monoisotopic (exact) mass is 346 g/mol. The van der Waals surface area contributed by atoms with Crippen molar-refractivity contribution in [2.75, 3.05) is 19.6 Å². The maximum atomic E-state index is 13.2. The highest BCUT2D eigenvalue weighted by molar-refractivity contribution is 5.94. The van der Waals surface area contributed by atoms with Gasteiger partial charge >= 0.3 is 0 Å². The van der Waals surface area contributed by atoms with Crippen LogP contribution in [-0.2, 0) is 0 Å². The van der Waals surface area contributed by atoms with Gasteiger partial charge in [0.15, 0.2) is 11.6 Å². The van der Waals surface area contributed by atoms with Gasteiger partial charge in [0.05, 0.1) is 0 Å². The molecule has 2 aromatic carbocycles. The van der Waals surface area contributed by atoms with Crippen molar-refractivity contribution < 1.29 is 18.3 Å². The first kappa shape index (κ1) is 17.4. The van der Waals surface area contributed by atoms with Crippen molar-refractivity contribution in [2.45, 2.75) is 13.3 Å². The van der Waals surface area contributed by atoms with Crippen molar-refractivity contribution in [3.8, 4) is 11.5 Å². The Hall–Kier alpha value is -2.47. The summed E-state index contributed by atoms with van der Waals surface area (Å²) in [5.41, 5.74) is 6.31. The average molecular weight is 346 g/mol. The zero-order valence-corrected chi connectivity index (χ0v) is 14.0. The number of likely N-dealkylation sites (tertiary alicyclic amines) is 1. The normalized spacial score (nSPS) is 19.9. The third kappa shape index (κ3) is 3.79. The molecule has 0 spiro atoms. The molecule has 2 aromatic rings. The van der Waals surface area contributed by atoms with E-state index in [1.807, 2.05) is 0 Å². The molecule has 1 fully saturated rings. The van der Waals surface area contributed by atoms with Gasteiger partial charge in [-0.05, 0) is 54.8 Å². The molecule has 1 saturated heterocycles. The molecule has 1 amide bonds. The van der Waals surface area contributed by atoms with Crippen molar-refractivity contribution in [3.63, 3.8) is 0 Å². The van der Waals surface area contributed by atoms with E-state index in [1.165, 1.54) is 6.07 Å². The number of benzene rings is 2. The van der Waals surface area contributed by atoms with Crippen LogP contribution in [0.3, 0.4) is 0 Å². The first-order valence-corrected chi connectivity index (χ1v) is 8.12. The van der Waals surface area contributed by atoms with Crippen LogP contribution in [0.1, 0.15) is 23.7 Å². The third-order valence-electron chi connectivity index (χ3n) is 4.57. The smallest absolute Gasteiger partial charge is 0.253 e. The Kier molecular flexibility index (Phi) is 4.72. The van der Waals surface area contributed by atoms with Gasteiger partial charge in [-0.15, -0.1) is 0 Å². The number of rotatable bonds is 4. The minimum atomic E-state index is -0.971. The SMILES string of the molecule is CC1(CN)CCN(C(=O)c2ccc(Oc3ccc(F)c(F)c3)cc2)C1. The molecule has 1 unspecified atom stereocenters. The molecule has 4 nitrogen and oxygen atoms in total. The molecule has 1 aliphatic heterocycles. The van der Waals surface area contributed by atoms with E-state index in [0.29, 0.717) is 30.9 Å². The van der Waals surface area contributed by atoms with E-state index in [9.17, 15) is 13.6 Å². The lowest BCUT2D eigenvalue weighted by Gasteiger charge is -2.22. The van der Waals surface area contributed by atoms with Gasteiger partial charge in [-0.2, -0.15) is 0 Å². The van der Waals surface area contributed by atoms with E-state index >= 15 is 0 Å². The predicted molar refractivity (Wildman–Crippen MR) is 90.6 cm³/mol. The second-order valence-corrected chi connectivity index (χ2v) is 6.69. The lowest BCUT2D eigenvalue weighted by atomic mass is 9.90. The number of carbonyl (C=O) groups excluding carboxylic acids is 1. The number of amides is 1. The fourth-order valence-electron chi connectivity index (χ4n) is 2.89. The fourth-order valence-corrected chi connectivity index (χ4v) is 2.89. The Morgan fingerprint density at radius 2 is 1.84 bits per heavy atom.